The molecule has 0 spiro atoms. The van der Waals surface area contributed by atoms with E-state index in [0.29, 0.717) is 5.41 Å². The molecule has 2 N–H and O–H groups in total. The second-order valence-electron chi connectivity index (χ2n) is 6.39. The molecular weight excluding hydrogens is 206 g/mol. The first-order chi connectivity index (χ1) is 8.16. The van der Waals surface area contributed by atoms with E-state index in [9.17, 15) is 0 Å². The molecule has 1 fully saturated rings. The summed E-state index contributed by atoms with van der Waals surface area (Å²) >= 11 is 0. The van der Waals surface area contributed by atoms with Gasteiger partial charge in [-0.2, -0.15) is 0 Å². The summed E-state index contributed by atoms with van der Waals surface area (Å²) in [7, 11) is 0. The van der Waals surface area contributed by atoms with Crippen molar-refractivity contribution >= 4 is 0 Å². The van der Waals surface area contributed by atoms with E-state index < -0.39 is 0 Å². The van der Waals surface area contributed by atoms with Gasteiger partial charge >= 0.3 is 0 Å². The number of rotatable bonds is 2. The van der Waals surface area contributed by atoms with Gasteiger partial charge in [0.2, 0.25) is 0 Å². The SMILES string of the molecule is CC1(C)[C@@H](CN)[C@@H]1C1CCCc2ccccc21. The fourth-order valence-corrected chi connectivity index (χ4v) is 4.20. The van der Waals surface area contributed by atoms with Gasteiger partial charge in [-0.05, 0) is 60.1 Å². The largest absolute Gasteiger partial charge is 0.330 e. The highest BCUT2D eigenvalue weighted by atomic mass is 14.7. The second kappa shape index (κ2) is 3.84. The first-order valence-corrected chi connectivity index (χ1v) is 6.94. The molecule has 2 aliphatic carbocycles. The topological polar surface area (TPSA) is 26.0 Å². The molecule has 1 unspecified atom stereocenters. The number of nitrogens with two attached hydrogens (primary N) is 1. The molecule has 92 valence electrons. The van der Waals surface area contributed by atoms with Gasteiger partial charge in [-0.25, -0.2) is 0 Å². The van der Waals surface area contributed by atoms with Gasteiger partial charge in [-0.1, -0.05) is 38.1 Å². The van der Waals surface area contributed by atoms with Gasteiger partial charge in [0.15, 0.2) is 0 Å². The van der Waals surface area contributed by atoms with Gasteiger partial charge in [-0.3, -0.25) is 0 Å². The van der Waals surface area contributed by atoms with E-state index in [-0.39, 0.29) is 0 Å². The molecule has 0 aliphatic heterocycles. The number of aryl methyl sites for hydroxylation is 1. The van der Waals surface area contributed by atoms with Crippen LogP contribution in [0.2, 0.25) is 0 Å². The summed E-state index contributed by atoms with van der Waals surface area (Å²) in [5, 5.41) is 0. The average Bonchev–Trinajstić information content (AvgIpc) is 2.90. The summed E-state index contributed by atoms with van der Waals surface area (Å²) in [6.07, 6.45) is 3.99. The lowest BCUT2D eigenvalue weighted by Gasteiger charge is -2.27. The van der Waals surface area contributed by atoms with Crippen LogP contribution >= 0.6 is 0 Å². The highest BCUT2D eigenvalue weighted by molar-refractivity contribution is 5.35. The van der Waals surface area contributed by atoms with Crippen molar-refractivity contribution in [2.24, 2.45) is 23.0 Å². The van der Waals surface area contributed by atoms with Crippen LogP contribution in [0.1, 0.15) is 43.7 Å². The van der Waals surface area contributed by atoms with Gasteiger partial charge in [0, 0.05) is 0 Å². The van der Waals surface area contributed by atoms with E-state index in [0.717, 1.165) is 24.3 Å². The molecule has 1 heteroatoms. The molecule has 0 aromatic heterocycles. The molecule has 1 aromatic carbocycles. The van der Waals surface area contributed by atoms with E-state index >= 15 is 0 Å². The lowest BCUT2D eigenvalue weighted by Crippen LogP contribution is -2.14. The van der Waals surface area contributed by atoms with Crippen LogP contribution in [-0.4, -0.2) is 6.54 Å². The van der Waals surface area contributed by atoms with Crippen LogP contribution in [0.25, 0.3) is 0 Å². The van der Waals surface area contributed by atoms with Crippen molar-refractivity contribution in [2.75, 3.05) is 6.54 Å². The maximum absolute atomic E-state index is 5.93. The zero-order valence-corrected chi connectivity index (χ0v) is 10.9. The van der Waals surface area contributed by atoms with Crippen molar-refractivity contribution in [2.45, 2.75) is 39.0 Å². The Morgan fingerprint density at radius 2 is 2.06 bits per heavy atom. The van der Waals surface area contributed by atoms with Crippen molar-refractivity contribution in [3.8, 4) is 0 Å². The molecule has 3 atom stereocenters. The van der Waals surface area contributed by atoms with E-state index in [1.165, 1.54) is 19.3 Å². The Bertz CT molecular complexity index is 421. The summed E-state index contributed by atoms with van der Waals surface area (Å²) < 4.78 is 0. The van der Waals surface area contributed by atoms with Crippen LogP contribution < -0.4 is 5.73 Å². The summed E-state index contributed by atoms with van der Waals surface area (Å²) in [5.41, 5.74) is 9.59. The Kier molecular flexibility index (Phi) is 2.55. The number of benzene rings is 1. The Hall–Kier alpha value is -0.820. The van der Waals surface area contributed by atoms with Crippen molar-refractivity contribution in [3.05, 3.63) is 35.4 Å². The standard InChI is InChI=1S/C16H23N/c1-16(2)14(10-17)15(16)13-9-5-7-11-6-3-4-8-12(11)13/h3-4,6,8,13-15H,5,7,9-10,17H2,1-2H3/t13?,14-,15-/m0/s1. The Morgan fingerprint density at radius 1 is 1.29 bits per heavy atom. The molecule has 0 bridgehead atoms. The maximum atomic E-state index is 5.93. The minimum Gasteiger partial charge on any atom is -0.330 e. The van der Waals surface area contributed by atoms with E-state index in [2.05, 4.69) is 38.1 Å². The first kappa shape index (κ1) is 11.3. The minimum absolute atomic E-state index is 0.462. The van der Waals surface area contributed by atoms with Gasteiger partial charge in [0.25, 0.3) is 0 Å². The maximum Gasteiger partial charge on any atom is -0.00406 e. The van der Waals surface area contributed by atoms with Crippen molar-refractivity contribution in [3.63, 3.8) is 0 Å². The third-order valence-electron chi connectivity index (χ3n) is 5.24. The molecule has 1 saturated carbocycles. The lowest BCUT2D eigenvalue weighted by molar-refractivity contribution is 0.433. The smallest absolute Gasteiger partial charge is 0.00406 e. The Morgan fingerprint density at radius 3 is 2.76 bits per heavy atom. The van der Waals surface area contributed by atoms with Crippen LogP contribution in [0.5, 0.6) is 0 Å². The Balaban J connectivity index is 1.92. The van der Waals surface area contributed by atoms with Crippen molar-refractivity contribution < 1.29 is 0 Å². The van der Waals surface area contributed by atoms with E-state index in [1.54, 1.807) is 11.1 Å². The van der Waals surface area contributed by atoms with Crippen molar-refractivity contribution in [1.82, 2.24) is 0 Å². The Labute approximate surface area is 104 Å². The molecule has 1 aromatic rings. The third kappa shape index (κ3) is 1.63. The third-order valence-corrected chi connectivity index (χ3v) is 5.24. The average molecular weight is 229 g/mol. The van der Waals surface area contributed by atoms with Crippen LogP contribution in [0.4, 0.5) is 0 Å². The molecule has 17 heavy (non-hydrogen) atoms. The fourth-order valence-electron chi connectivity index (χ4n) is 4.20. The highest BCUT2D eigenvalue weighted by Gasteiger charge is 2.59. The highest BCUT2D eigenvalue weighted by Crippen LogP contribution is 2.65. The van der Waals surface area contributed by atoms with Gasteiger partial charge in [0.05, 0.1) is 0 Å². The monoisotopic (exact) mass is 229 g/mol. The zero-order chi connectivity index (χ0) is 12.0. The normalized spacial score (nSPS) is 34.2. The second-order valence-corrected chi connectivity index (χ2v) is 6.39. The van der Waals surface area contributed by atoms with Gasteiger partial charge < -0.3 is 5.73 Å². The predicted octanol–water partition coefficient (Wildman–Crippen LogP) is 3.34. The molecule has 1 nitrogen and oxygen atoms in total. The molecule has 0 saturated heterocycles. The van der Waals surface area contributed by atoms with Crippen LogP contribution in [0.3, 0.4) is 0 Å². The molecule has 0 radical (unpaired) electrons. The van der Waals surface area contributed by atoms with Crippen LogP contribution in [0.15, 0.2) is 24.3 Å². The number of hydrogen-bond donors (Lipinski definition) is 1. The summed E-state index contributed by atoms with van der Waals surface area (Å²) in [5.74, 6) is 2.32. The number of fused-ring (bicyclic) bond motifs is 1. The lowest BCUT2D eigenvalue weighted by atomic mass is 9.78. The fraction of sp³-hybridized carbons (Fsp3) is 0.625. The molecular formula is C16H23N. The predicted molar refractivity (Wildman–Crippen MR) is 71.9 cm³/mol. The summed E-state index contributed by atoms with van der Waals surface area (Å²) in [6, 6.07) is 9.04. The van der Waals surface area contributed by atoms with E-state index in [4.69, 9.17) is 5.73 Å². The van der Waals surface area contributed by atoms with E-state index in [1.807, 2.05) is 0 Å². The zero-order valence-electron chi connectivity index (χ0n) is 10.9. The molecule has 0 amide bonds. The van der Waals surface area contributed by atoms with Crippen molar-refractivity contribution in [1.29, 1.82) is 0 Å². The number of hydrogen-bond acceptors (Lipinski definition) is 1. The summed E-state index contributed by atoms with van der Waals surface area (Å²) in [4.78, 5) is 0. The molecule has 3 rings (SSSR count). The molecule has 0 heterocycles. The van der Waals surface area contributed by atoms with Gasteiger partial charge in [-0.15, -0.1) is 0 Å². The first-order valence-electron chi connectivity index (χ1n) is 6.94. The van der Waals surface area contributed by atoms with Crippen LogP contribution in [-0.2, 0) is 6.42 Å². The molecule has 2 aliphatic rings. The van der Waals surface area contributed by atoms with Crippen LogP contribution in [0, 0.1) is 17.3 Å². The summed E-state index contributed by atoms with van der Waals surface area (Å²) in [6.45, 7) is 5.65. The quantitative estimate of drug-likeness (QED) is 0.827. The van der Waals surface area contributed by atoms with Gasteiger partial charge in [0.1, 0.15) is 0 Å². The minimum atomic E-state index is 0.462.